The fourth-order valence-corrected chi connectivity index (χ4v) is 3.41. The van der Waals surface area contributed by atoms with Crippen molar-refractivity contribution in [2.75, 3.05) is 0 Å². The lowest BCUT2D eigenvalue weighted by Crippen LogP contribution is -1.89. The number of nitrogens with zero attached hydrogens (tertiary/aromatic N) is 1. The average Bonchev–Trinajstić information content (AvgIpc) is 3.07. The first-order valence-electron chi connectivity index (χ1n) is 8.43. The normalized spacial score (nSPS) is 11.3. The van der Waals surface area contributed by atoms with Gasteiger partial charge in [-0.15, -0.1) is 0 Å². The summed E-state index contributed by atoms with van der Waals surface area (Å²) in [4.78, 5) is 4.93. The summed E-state index contributed by atoms with van der Waals surface area (Å²) in [7, 11) is 0. The maximum atomic E-state index is 6.16. The van der Waals surface area contributed by atoms with Gasteiger partial charge in [-0.2, -0.15) is 0 Å². The van der Waals surface area contributed by atoms with Crippen molar-refractivity contribution in [2.45, 2.75) is 0 Å². The Morgan fingerprint density at radius 3 is 2.23 bits per heavy atom. The number of hydrogen-bond donors (Lipinski definition) is 0. The zero-order chi connectivity index (χ0) is 17.5. The molecule has 0 aliphatic heterocycles. The second kappa shape index (κ2) is 6.01. The molecule has 0 fully saturated rings. The Labute approximate surface area is 155 Å². The lowest BCUT2D eigenvalue weighted by Gasteiger charge is -2.07. The highest BCUT2D eigenvalue weighted by atomic mass is 35.5. The van der Waals surface area contributed by atoms with Crippen LogP contribution in [-0.4, -0.2) is 4.98 Å². The van der Waals surface area contributed by atoms with E-state index < -0.39 is 0 Å². The molecule has 0 radical (unpaired) electrons. The van der Waals surface area contributed by atoms with Gasteiger partial charge in [0.1, 0.15) is 11.3 Å². The molecule has 2 heterocycles. The molecular weight excluding hydrogens is 342 g/mol. The quantitative estimate of drug-likeness (QED) is 0.342. The molecular formula is C23H14ClNO. The number of pyridine rings is 1. The van der Waals surface area contributed by atoms with Crippen molar-refractivity contribution in [1.29, 1.82) is 0 Å². The van der Waals surface area contributed by atoms with Crippen molar-refractivity contribution in [2.24, 2.45) is 0 Å². The van der Waals surface area contributed by atoms with Crippen molar-refractivity contribution in [3.63, 3.8) is 0 Å². The molecule has 0 amide bonds. The number of hydrogen-bond acceptors (Lipinski definition) is 2. The van der Waals surface area contributed by atoms with Crippen LogP contribution >= 0.6 is 11.6 Å². The lowest BCUT2D eigenvalue weighted by molar-refractivity contribution is 0.668. The van der Waals surface area contributed by atoms with Crippen LogP contribution in [0.2, 0.25) is 5.02 Å². The predicted octanol–water partition coefficient (Wildman–Crippen LogP) is 6.97. The summed E-state index contributed by atoms with van der Waals surface area (Å²) in [5.74, 6) is 0. The lowest BCUT2D eigenvalue weighted by atomic mass is 10.0. The summed E-state index contributed by atoms with van der Waals surface area (Å²) in [6, 6.07) is 28.1. The molecule has 26 heavy (non-hydrogen) atoms. The van der Waals surface area contributed by atoms with E-state index in [1.54, 1.807) is 0 Å². The van der Waals surface area contributed by atoms with Gasteiger partial charge in [0.25, 0.3) is 0 Å². The number of para-hydroxylation sites is 1. The SMILES string of the molecule is Clc1ccc(-c2cc3c(oc4ccccc43)c(-c3ccccc3)n2)cc1. The van der Waals surface area contributed by atoms with Crippen molar-refractivity contribution < 1.29 is 4.42 Å². The van der Waals surface area contributed by atoms with Crippen LogP contribution in [-0.2, 0) is 0 Å². The van der Waals surface area contributed by atoms with Gasteiger partial charge in [0, 0.05) is 26.9 Å². The third kappa shape index (κ3) is 2.47. The van der Waals surface area contributed by atoms with Crippen LogP contribution in [0.3, 0.4) is 0 Å². The van der Waals surface area contributed by atoms with Gasteiger partial charge >= 0.3 is 0 Å². The molecule has 3 heteroatoms. The van der Waals surface area contributed by atoms with Crippen molar-refractivity contribution in [3.05, 3.63) is 90.0 Å². The fraction of sp³-hybridized carbons (Fsp3) is 0. The highest BCUT2D eigenvalue weighted by Crippen LogP contribution is 2.37. The molecule has 0 aliphatic carbocycles. The first kappa shape index (κ1) is 15.2. The van der Waals surface area contributed by atoms with Gasteiger partial charge in [-0.1, -0.05) is 72.3 Å². The predicted molar refractivity (Wildman–Crippen MR) is 107 cm³/mol. The van der Waals surface area contributed by atoms with Crippen LogP contribution in [0.15, 0.2) is 89.3 Å². The van der Waals surface area contributed by atoms with Gasteiger partial charge in [-0.3, -0.25) is 0 Å². The summed E-state index contributed by atoms with van der Waals surface area (Å²) in [6.07, 6.45) is 0. The van der Waals surface area contributed by atoms with E-state index in [1.807, 2.05) is 60.7 Å². The van der Waals surface area contributed by atoms with Crippen molar-refractivity contribution >= 4 is 33.5 Å². The first-order chi connectivity index (χ1) is 12.8. The van der Waals surface area contributed by atoms with Gasteiger partial charge < -0.3 is 4.42 Å². The maximum absolute atomic E-state index is 6.16. The van der Waals surface area contributed by atoms with Crippen LogP contribution in [0, 0.1) is 0 Å². The molecule has 2 nitrogen and oxygen atoms in total. The van der Waals surface area contributed by atoms with Gasteiger partial charge in [0.05, 0.1) is 5.69 Å². The summed E-state index contributed by atoms with van der Waals surface area (Å²) < 4.78 is 6.16. The standard InChI is InChI=1S/C23H14ClNO/c24-17-12-10-15(11-13-17)20-14-19-18-8-4-5-9-21(18)26-23(19)22(25-20)16-6-2-1-3-7-16/h1-14H. The Morgan fingerprint density at radius 1 is 0.692 bits per heavy atom. The van der Waals surface area contributed by atoms with E-state index >= 15 is 0 Å². The molecule has 2 aromatic heterocycles. The number of aromatic nitrogens is 1. The van der Waals surface area contributed by atoms with Crippen LogP contribution < -0.4 is 0 Å². The van der Waals surface area contributed by atoms with E-state index in [-0.39, 0.29) is 0 Å². The zero-order valence-electron chi connectivity index (χ0n) is 13.8. The molecule has 0 unspecified atom stereocenters. The Bertz CT molecular complexity index is 1220. The fourth-order valence-electron chi connectivity index (χ4n) is 3.29. The second-order valence-corrected chi connectivity index (χ2v) is 6.64. The Hall–Kier alpha value is -3.10. The van der Waals surface area contributed by atoms with Crippen LogP contribution in [0.1, 0.15) is 0 Å². The van der Waals surface area contributed by atoms with Gasteiger partial charge in [-0.25, -0.2) is 4.98 Å². The van der Waals surface area contributed by atoms with Crippen LogP contribution in [0.5, 0.6) is 0 Å². The van der Waals surface area contributed by atoms with E-state index in [1.165, 1.54) is 0 Å². The number of furan rings is 1. The van der Waals surface area contributed by atoms with E-state index in [2.05, 4.69) is 24.3 Å². The van der Waals surface area contributed by atoms with Gasteiger partial charge in [-0.05, 0) is 24.3 Å². The molecule has 0 bridgehead atoms. The van der Waals surface area contributed by atoms with E-state index in [9.17, 15) is 0 Å². The monoisotopic (exact) mass is 355 g/mol. The third-order valence-electron chi connectivity index (χ3n) is 4.55. The minimum absolute atomic E-state index is 0.715. The van der Waals surface area contributed by atoms with Gasteiger partial charge in [0.2, 0.25) is 0 Å². The largest absolute Gasteiger partial charge is 0.454 e. The second-order valence-electron chi connectivity index (χ2n) is 6.20. The summed E-state index contributed by atoms with van der Waals surface area (Å²) in [5.41, 5.74) is 5.50. The maximum Gasteiger partial charge on any atom is 0.161 e. The van der Waals surface area contributed by atoms with Crippen LogP contribution in [0.4, 0.5) is 0 Å². The Morgan fingerprint density at radius 2 is 1.42 bits per heavy atom. The molecule has 5 aromatic rings. The van der Waals surface area contributed by atoms with Crippen molar-refractivity contribution in [1.82, 2.24) is 4.98 Å². The summed E-state index contributed by atoms with van der Waals surface area (Å²) in [5, 5.41) is 2.88. The number of fused-ring (bicyclic) bond motifs is 3. The van der Waals surface area contributed by atoms with Crippen LogP contribution in [0.25, 0.3) is 44.5 Å². The van der Waals surface area contributed by atoms with E-state index in [0.717, 1.165) is 44.5 Å². The van der Waals surface area contributed by atoms with Gasteiger partial charge in [0.15, 0.2) is 5.58 Å². The minimum atomic E-state index is 0.715. The molecule has 0 atom stereocenters. The number of rotatable bonds is 2. The third-order valence-corrected chi connectivity index (χ3v) is 4.80. The molecule has 0 spiro atoms. The average molecular weight is 356 g/mol. The van der Waals surface area contributed by atoms with E-state index in [4.69, 9.17) is 21.0 Å². The topological polar surface area (TPSA) is 26.0 Å². The first-order valence-corrected chi connectivity index (χ1v) is 8.81. The zero-order valence-corrected chi connectivity index (χ0v) is 14.6. The molecule has 0 saturated carbocycles. The molecule has 0 saturated heterocycles. The molecule has 124 valence electrons. The smallest absolute Gasteiger partial charge is 0.161 e. The Balaban J connectivity index is 1.87. The number of halogens is 1. The highest BCUT2D eigenvalue weighted by molar-refractivity contribution is 6.30. The summed E-state index contributed by atoms with van der Waals surface area (Å²) in [6.45, 7) is 0. The minimum Gasteiger partial charge on any atom is -0.454 e. The highest BCUT2D eigenvalue weighted by Gasteiger charge is 2.16. The van der Waals surface area contributed by atoms with Crippen molar-refractivity contribution in [3.8, 4) is 22.5 Å². The molecule has 0 N–H and O–H groups in total. The Kier molecular flexibility index (Phi) is 3.51. The molecule has 3 aromatic carbocycles. The molecule has 5 rings (SSSR count). The number of benzene rings is 3. The van der Waals surface area contributed by atoms with E-state index in [0.29, 0.717) is 5.02 Å². The summed E-state index contributed by atoms with van der Waals surface area (Å²) >= 11 is 6.05. The molecule has 0 aliphatic rings.